The summed E-state index contributed by atoms with van der Waals surface area (Å²) in [5.74, 6) is 1.87. The molecule has 0 atom stereocenters. The SMILES string of the molecule is CCCCN(CCCC)c1ccc(CN(Cc2c(-c3ccccc3)nc(-c3ccccc3)n2CCCC)CC2CCCCC2)cc1. The normalized spacial score (nSPS) is 13.8. The van der Waals surface area contributed by atoms with Gasteiger partial charge in [-0.25, -0.2) is 4.98 Å². The molecule has 246 valence electrons. The predicted octanol–water partition coefficient (Wildman–Crippen LogP) is 11.0. The smallest absolute Gasteiger partial charge is 0.140 e. The van der Waals surface area contributed by atoms with E-state index >= 15 is 0 Å². The summed E-state index contributed by atoms with van der Waals surface area (Å²) < 4.78 is 2.55. The number of unbranched alkanes of at least 4 members (excludes halogenated alkanes) is 3. The van der Waals surface area contributed by atoms with Gasteiger partial charge in [-0.15, -0.1) is 0 Å². The second kappa shape index (κ2) is 18.1. The molecule has 0 bridgehead atoms. The second-order valence-electron chi connectivity index (χ2n) is 13.5. The molecule has 0 aliphatic heterocycles. The molecule has 0 radical (unpaired) electrons. The van der Waals surface area contributed by atoms with Crippen LogP contribution in [0, 0.1) is 5.92 Å². The van der Waals surface area contributed by atoms with Crippen molar-refractivity contribution in [2.45, 2.75) is 111 Å². The van der Waals surface area contributed by atoms with Crippen molar-refractivity contribution in [1.29, 1.82) is 0 Å². The lowest BCUT2D eigenvalue weighted by Crippen LogP contribution is -2.31. The highest BCUT2D eigenvalue weighted by atomic mass is 15.2. The molecule has 1 saturated carbocycles. The number of nitrogens with zero attached hydrogens (tertiary/aromatic N) is 4. The number of benzene rings is 3. The first-order valence-corrected chi connectivity index (χ1v) is 18.5. The van der Waals surface area contributed by atoms with Crippen LogP contribution in [-0.2, 0) is 19.6 Å². The molecular formula is C42H58N4. The van der Waals surface area contributed by atoms with Gasteiger partial charge in [0.2, 0.25) is 0 Å². The quantitative estimate of drug-likeness (QED) is 0.111. The number of anilines is 1. The molecule has 0 amide bonds. The van der Waals surface area contributed by atoms with E-state index < -0.39 is 0 Å². The van der Waals surface area contributed by atoms with Crippen molar-refractivity contribution >= 4 is 5.69 Å². The first-order chi connectivity index (χ1) is 22.7. The van der Waals surface area contributed by atoms with E-state index in [4.69, 9.17) is 4.98 Å². The molecule has 3 aromatic carbocycles. The maximum absolute atomic E-state index is 5.42. The van der Waals surface area contributed by atoms with Crippen LogP contribution in [0.1, 0.15) is 103 Å². The monoisotopic (exact) mass is 618 g/mol. The second-order valence-corrected chi connectivity index (χ2v) is 13.5. The average Bonchev–Trinajstić information content (AvgIpc) is 3.46. The Bertz CT molecular complexity index is 1400. The van der Waals surface area contributed by atoms with E-state index in [9.17, 15) is 0 Å². The van der Waals surface area contributed by atoms with Crippen molar-refractivity contribution in [1.82, 2.24) is 14.5 Å². The zero-order valence-corrected chi connectivity index (χ0v) is 29.0. The lowest BCUT2D eigenvalue weighted by atomic mass is 9.89. The fourth-order valence-electron chi connectivity index (χ4n) is 7.11. The third kappa shape index (κ3) is 9.35. The van der Waals surface area contributed by atoms with E-state index in [1.165, 1.54) is 85.9 Å². The lowest BCUT2D eigenvalue weighted by Gasteiger charge is -2.31. The van der Waals surface area contributed by atoms with Crippen LogP contribution in [0.25, 0.3) is 22.6 Å². The molecule has 0 saturated heterocycles. The first kappa shape index (κ1) is 34.0. The van der Waals surface area contributed by atoms with Crippen molar-refractivity contribution in [3.63, 3.8) is 0 Å². The largest absolute Gasteiger partial charge is 0.372 e. The third-order valence-corrected chi connectivity index (χ3v) is 9.77. The molecule has 1 aliphatic carbocycles. The van der Waals surface area contributed by atoms with Crippen molar-refractivity contribution in [2.24, 2.45) is 5.92 Å². The topological polar surface area (TPSA) is 24.3 Å². The Balaban J connectivity index is 1.49. The van der Waals surface area contributed by atoms with Crippen molar-refractivity contribution < 1.29 is 0 Å². The number of aromatic nitrogens is 2. The van der Waals surface area contributed by atoms with Crippen LogP contribution in [0.4, 0.5) is 5.69 Å². The van der Waals surface area contributed by atoms with Crippen molar-refractivity contribution in [3.05, 3.63) is 96.2 Å². The van der Waals surface area contributed by atoms with E-state index in [1.54, 1.807) is 0 Å². The van der Waals surface area contributed by atoms with E-state index in [2.05, 4.69) is 120 Å². The van der Waals surface area contributed by atoms with Gasteiger partial charge >= 0.3 is 0 Å². The molecule has 1 aromatic heterocycles. The molecular weight excluding hydrogens is 560 g/mol. The molecule has 1 fully saturated rings. The van der Waals surface area contributed by atoms with Gasteiger partial charge in [-0.3, -0.25) is 4.90 Å². The summed E-state index contributed by atoms with van der Waals surface area (Å²) in [6.45, 7) is 13.2. The molecule has 1 aliphatic rings. The Morgan fingerprint density at radius 3 is 1.89 bits per heavy atom. The summed E-state index contributed by atoms with van der Waals surface area (Å²) in [7, 11) is 0. The molecule has 1 heterocycles. The molecule has 0 unspecified atom stereocenters. The average molecular weight is 619 g/mol. The van der Waals surface area contributed by atoms with Crippen LogP contribution in [0.15, 0.2) is 84.9 Å². The summed E-state index contributed by atoms with van der Waals surface area (Å²) in [5, 5.41) is 0. The summed E-state index contributed by atoms with van der Waals surface area (Å²) in [5.41, 5.74) is 7.70. The molecule has 0 N–H and O–H groups in total. The Labute approximate surface area is 279 Å². The van der Waals surface area contributed by atoms with Crippen molar-refractivity contribution in [3.8, 4) is 22.6 Å². The minimum absolute atomic E-state index is 0.771. The minimum Gasteiger partial charge on any atom is -0.372 e. The van der Waals surface area contributed by atoms with Crippen LogP contribution in [0.5, 0.6) is 0 Å². The van der Waals surface area contributed by atoms with Gasteiger partial charge in [0.05, 0.1) is 11.4 Å². The molecule has 4 aromatic rings. The van der Waals surface area contributed by atoms with Gasteiger partial charge in [-0.05, 0) is 55.7 Å². The zero-order valence-electron chi connectivity index (χ0n) is 29.0. The standard InChI is InChI=1S/C42H58N4/c1-4-7-29-45(30-8-5-2)39-27-25-36(26-28-39)33-44(32-35-19-13-10-14-20-35)34-40-41(37-21-15-11-16-22-37)43-42(46(40)31-9-6-3)38-23-17-12-18-24-38/h11-12,15-18,21-28,35H,4-10,13-14,19-20,29-34H2,1-3H3. The molecule has 4 heteroatoms. The maximum Gasteiger partial charge on any atom is 0.140 e. The maximum atomic E-state index is 5.42. The van der Waals surface area contributed by atoms with Gasteiger partial charge in [0.15, 0.2) is 0 Å². The lowest BCUT2D eigenvalue weighted by molar-refractivity contribution is 0.183. The highest BCUT2D eigenvalue weighted by Gasteiger charge is 2.24. The summed E-state index contributed by atoms with van der Waals surface area (Å²) >= 11 is 0. The number of imidazole rings is 1. The van der Waals surface area contributed by atoms with Crippen molar-refractivity contribution in [2.75, 3.05) is 24.5 Å². The van der Waals surface area contributed by atoms with E-state index in [0.29, 0.717) is 0 Å². The summed E-state index contributed by atoms with van der Waals surface area (Å²) in [4.78, 5) is 10.8. The summed E-state index contributed by atoms with van der Waals surface area (Å²) in [6.07, 6.45) is 14.2. The van der Waals surface area contributed by atoms with Crippen LogP contribution in [0.3, 0.4) is 0 Å². The molecule has 4 nitrogen and oxygen atoms in total. The highest BCUT2D eigenvalue weighted by molar-refractivity contribution is 5.68. The Kier molecular flexibility index (Phi) is 13.4. The Morgan fingerprint density at radius 1 is 0.674 bits per heavy atom. The number of hydrogen-bond donors (Lipinski definition) is 0. The Morgan fingerprint density at radius 2 is 1.28 bits per heavy atom. The third-order valence-electron chi connectivity index (χ3n) is 9.77. The van der Waals surface area contributed by atoms with Gasteiger partial charge in [0, 0.05) is 56.1 Å². The highest BCUT2D eigenvalue weighted by Crippen LogP contribution is 2.33. The predicted molar refractivity (Wildman–Crippen MR) is 197 cm³/mol. The minimum atomic E-state index is 0.771. The van der Waals surface area contributed by atoms with E-state index in [-0.39, 0.29) is 0 Å². The van der Waals surface area contributed by atoms with Crippen LogP contribution in [0.2, 0.25) is 0 Å². The van der Waals surface area contributed by atoms with Gasteiger partial charge < -0.3 is 9.47 Å². The number of hydrogen-bond acceptors (Lipinski definition) is 3. The Hall–Kier alpha value is -3.37. The van der Waals surface area contributed by atoms with Crippen LogP contribution >= 0.6 is 0 Å². The van der Waals surface area contributed by atoms with Crippen LogP contribution in [-0.4, -0.2) is 34.1 Å². The molecule has 0 spiro atoms. The van der Waals surface area contributed by atoms with Crippen LogP contribution < -0.4 is 4.90 Å². The first-order valence-electron chi connectivity index (χ1n) is 18.5. The fourth-order valence-corrected chi connectivity index (χ4v) is 7.11. The molecule has 5 rings (SSSR count). The summed E-state index contributed by atoms with van der Waals surface area (Å²) in [6, 6.07) is 31.3. The fraction of sp³-hybridized carbons (Fsp3) is 0.500. The van der Waals surface area contributed by atoms with E-state index in [1.807, 2.05) is 0 Å². The molecule has 46 heavy (non-hydrogen) atoms. The number of rotatable bonds is 18. The zero-order chi connectivity index (χ0) is 32.0. The van der Waals surface area contributed by atoms with Gasteiger partial charge in [0.1, 0.15) is 5.82 Å². The van der Waals surface area contributed by atoms with E-state index in [0.717, 1.165) is 69.5 Å². The van der Waals surface area contributed by atoms with Gasteiger partial charge in [0.25, 0.3) is 0 Å². The van der Waals surface area contributed by atoms with Gasteiger partial charge in [-0.2, -0.15) is 0 Å². The van der Waals surface area contributed by atoms with Gasteiger partial charge in [-0.1, -0.05) is 132 Å².